The molecule has 1 aliphatic rings. The first-order chi connectivity index (χ1) is 11.9. The van der Waals surface area contributed by atoms with Crippen LogP contribution in [-0.2, 0) is 10.2 Å². The molecule has 0 amide bonds. The molecule has 0 fully saturated rings. The lowest BCUT2D eigenvalue weighted by molar-refractivity contribution is 0.560. The summed E-state index contributed by atoms with van der Waals surface area (Å²) in [5.74, 6) is -0.491. The number of anilines is 2. The fourth-order valence-electron chi connectivity index (χ4n) is 3.09. The van der Waals surface area contributed by atoms with E-state index in [1.54, 1.807) is 37.4 Å². The molecule has 2 aromatic carbocycles. The summed E-state index contributed by atoms with van der Waals surface area (Å²) < 4.78 is 42.5. The van der Waals surface area contributed by atoms with Gasteiger partial charge in [-0.2, -0.15) is 8.42 Å². The number of hydrogen-bond donors (Lipinski definition) is 1. The van der Waals surface area contributed by atoms with Crippen LogP contribution in [0.3, 0.4) is 0 Å². The summed E-state index contributed by atoms with van der Waals surface area (Å²) in [7, 11) is -0.453. The van der Waals surface area contributed by atoms with E-state index in [9.17, 15) is 12.8 Å². The van der Waals surface area contributed by atoms with Gasteiger partial charge in [0.05, 0.1) is 17.4 Å². The molecule has 5 nitrogen and oxygen atoms in total. The van der Waals surface area contributed by atoms with Crippen LogP contribution < -0.4 is 13.9 Å². The normalized spacial score (nSPS) is 16.8. The molecule has 1 unspecified atom stereocenters. The van der Waals surface area contributed by atoms with Crippen LogP contribution >= 0.6 is 11.6 Å². The van der Waals surface area contributed by atoms with Crippen LogP contribution in [0.15, 0.2) is 42.5 Å². The highest BCUT2D eigenvalue weighted by atomic mass is 35.5. The number of fused-ring (bicyclic) bond motifs is 1. The molecule has 0 aromatic heterocycles. The van der Waals surface area contributed by atoms with E-state index in [4.69, 9.17) is 11.6 Å². The number of benzene rings is 2. The lowest BCUT2D eigenvalue weighted by atomic mass is 10.0. The van der Waals surface area contributed by atoms with Crippen molar-refractivity contribution in [1.82, 2.24) is 5.32 Å². The Morgan fingerprint density at radius 1 is 1.20 bits per heavy atom. The molecule has 3 rings (SSSR count). The Labute approximate surface area is 152 Å². The van der Waals surface area contributed by atoms with E-state index in [1.165, 1.54) is 27.8 Å². The third-order valence-corrected chi connectivity index (χ3v) is 6.33. The zero-order valence-corrected chi connectivity index (χ0v) is 15.5. The van der Waals surface area contributed by atoms with Gasteiger partial charge in [0, 0.05) is 12.1 Å². The van der Waals surface area contributed by atoms with E-state index in [0.717, 1.165) is 0 Å². The third kappa shape index (κ3) is 3.19. The quantitative estimate of drug-likeness (QED) is 0.861. The van der Waals surface area contributed by atoms with Crippen LogP contribution in [0.5, 0.6) is 0 Å². The lowest BCUT2D eigenvalue weighted by Gasteiger charge is -2.29. The predicted molar refractivity (Wildman–Crippen MR) is 98.9 cm³/mol. The summed E-state index contributed by atoms with van der Waals surface area (Å²) in [5.41, 5.74) is 1.69. The van der Waals surface area contributed by atoms with Crippen molar-refractivity contribution in [3.8, 4) is 0 Å². The van der Waals surface area contributed by atoms with Gasteiger partial charge in [-0.3, -0.25) is 4.31 Å². The molecule has 0 aliphatic carbocycles. The summed E-state index contributed by atoms with van der Waals surface area (Å²) in [6.07, 6.45) is 0.470. The van der Waals surface area contributed by atoms with E-state index in [1.807, 2.05) is 0 Å². The van der Waals surface area contributed by atoms with Gasteiger partial charge in [-0.25, -0.2) is 8.70 Å². The maximum atomic E-state index is 13.9. The Kier molecular flexibility index (Phi) is 4.90. The molecule has 8 heteroatoms. The molecule has 1 N–H and O–H groups in total. The van der Waals surface area contributed by atoms with Crippen LogP contribution in [0, 0.1) is 5.82 Å². The fourth-order valence-corrected chi connectivity index (χ4v) is 4.94. The van der Waals surface area contributed by atoms with E-state index in [-0.39, 0.29) is 5.02 Å². The number of hydrogen-bond acceptors (Lipinski definition) is 3. The third-order valence-electron chi connectivity index (χ3n) is 4.27. The molecular formula is C17H19ClFN3O2S. The summed E-state index contributed by atoms with van der Waals surface area (Å²) in [6.45, 7) is 0.566. The van der Waals surface area contributed by atoms with Crippen molar-refractivity contribution in [2.45, 2.75) is 12.5 Å². The van der Waals surface area contributed by atoms with Gasteiger partial charge in [-0.1, -0.05) is 23.7 Å². The Hall–Kier alpha value is -1.83. The van der Waals surface area contributed by atoms with Gasteiger partial charge in [-0.05, 0) is 55.9 Å². The number of nitrogens with one attached hydrogen (secondary N) is 1. The second kappa shape index (κ2) is 6.82. The number of rotatable bonds is 5. The van der Waals surface area contributed by atoms with Gasteiger partial charge < -0.3 is 5.32 Å². The highest BCUT2D eigenvalue weighted by Crippen LogP contribution is 2.45. The van der Waals surface area contributed by atoms with Crippen molar-refractivity contribution in [2.75, 3.05) is 29.3 Å². The summed E-state index contributed by atoms with van der Waals surface area (Å²) in [6, 6.07) is 10.7. The molecule has 0 bridgehead atoms. The van der Waals surface area contributed by atoms with Crippen LogP contribution in [-0.4, -0.2) is 29.1 Å². The second-order valence-electron chi connectivity index (χ2n) is 5.87. The fraction of sp³-hybridized carbons (Fsp3) is 0.294. The number of halogens is 2. The highest BCUT2D eigenvalue weighted by Gasteiger charge is 2.42. The SMILES string of the molecule is CNCCC(c1cc(F)cc(Cl)c1)N1c2ccccc2N(C)S1(=O)=O. The molecule has 2 aromatic rings. The largest absolute Gasteiger partial charge is 0.326 e. The van der Waals surface area contributed by atoms with Crippen molar-refractivity contribution >= 4 is 33.2 Å². The van der Waals surface area contributed by atoms with Crippen molar-refractivity contribution in [1.29, 1.82) is 0 Å². The summed E-state index contributed by atoms with van der Waals surface area (Å²) in [4.78, 5) is 0. The van der Waals surface area contributed by atoms with Crippen LogP contribution in [0.1, 0.15) is 18.0 Å². The zero-order valence-electron chi connectivity index (χ0n) is 13.9. The van der Waals surface area contributed by atoms with Crippen molar-refractivity contribution in [3.05, 3.63) is 58.9 Å². The maximum absolute atomic E-state index is 13.9. The van der Waals surface area contributed by atoms with E-state index in [0.29, 0.717) is 29.9 Å². The first kappa shape index (κ1) is 18.0. The second-order valence-corrected chi connectivity index (χ2v) is 8.14. The number of nitrogens with zero attached hydrogens (tertiary/aromatic N) is 2. The molecule has 134 valence electrons. The first-order valence-electron chi connectivity index (χ1n) is 7.84. The molecule has 25 heavy (non-hydrogen) atoms. The maximum Gasteiger partial charge on any atom is 0.326 e. The monoisotopic (exact) mass is 383 g/mol. The molecule has 0 saturated carbocycles. The number of para-hydroxylation sites is 2. The smallest absolute Gasteiger partial charge is 0.320 e. The van der Waals surface area contributed by atoms with Crippen molar-refractivity contribution < 1.29 is 12.8 Å². The first-order valence-corrected chi connectivity index (χ1v) is 9.61. The minimum absolute atomic E-state index is 0.239. The Balaban J connectivity index is 2.16. The minimum Gasteiger partial charge on any atom is -0.320 e. The molecule has 1 heterocycles. The van der Waals surface area contributed by atoms with Crippen molar-refractivity contribution in [3.63, 3.8) is 0 Å². The molecule has 1 atom stereocenters. The molecule has 0 saturated heterocycles. The lowest BCUT2D eigenvalue weighted by Crippen LogP contribution is -2.39. The van der Waals surface area contributed by atoms with Gasteiger partial charge in [0.2, 0.25) is 0 Å². The molecular weight excluding hydrogens is 365 g/mol. The van der Waals surface area contributed by atoms with Gasteiger partial charge in [0.15, 0.2) is 0 Å². The molecule has 1 aliphatic heterocycles. The van der Waals surface area contributed by atoms with Gasteiger partial charge >= 0.3 is 10.2 Å². The summed E-state index contributed by atoms with van der Waals surface area (Å²) in [5, 5.41) is 3.26. The van der Waals surface area contributed by atoms with E-state index < -0.39 is 22.1 Å². The van der Waals surface area contributed by atoms with Gasteiger partial charge in [0.1, 0.15) is 5.82 Å². The Bertz CT molecular complexity index is 871. The van der Waals surface area contributed by atoms with Gasteiger partial charge in [0.25, 0.3) is 0 Å². The van der Waals surface area contributed by atoms with E-state index in [2.05, 4.69) is 5.32 Å². The van der Waals surface area contributed by atoms with E-state index >= 15 is 0 Å². The summed E-state index contributed by atoms with van der Waals surface area (Å²) >= 11 is 6.00. The minimum atomic E-state index is -3.76. The molecule has 0 radical (unpaired) electrons. The zero-order chi connectivity index (χ0) is 18.2. The van der Waals surface area contributed by atoms with Gasteiger partial charge in [-0.15, -0.1) is 0 Å². The topological polar surface area (TPSA) is 52.6 Å². The average molecular weight is 384 g/mol. The Morgan fingerprint density at radius 2 is 1.88 bits per heavy atom. The van der Waals surface area contributed by atoms with Crippen molar-refractivity contribution in [2.24, 2.45) is 0 Å². The predicted octanol–water partition coefficient (Wildman–Crippen LogP) is 3.33. The van der Waals surface area contributed by atoms with Crippen LogP contribution in [0.25, 0.3) is 0 Å². The standard InChI is InChI=1S/C17H19ClFN3O2S/c1-20-8-7-15(12-9-13(18)11-14(19)10-12)22-17-6-4-3-5-16(17)21(2)25(22,23)24/h3-6,9-11,15,20H,7-8H2,1-2H3. The molecule has 0 spiro atoms. The van der Waals surface area contributed by atoms with Crippen LogP contribution in [0.2, 0.25) is 5.02 Å². The van der Waals surface area contributed by atoms with Crippen LogP contribution in [0.4, 0.5) is 15.8 Å². The Morgan fingerprint density at radius 3 is 2.52 bits per heavy atom. The highest BCUT2D eigenvalue weighted by molar-refractivity contribution is 7.94. The average Bonchev–Trinajstić information content (AvgIpc) is 2.75.